The molecule has 4 aromatic rings. The van der Waals surface area contributed by atoms with Gasteiger partial charge in [0.2, 0.25) is 11.8 Å². The predicted octanol–water partition coefficient (Wildman–Crippen LogP) is 4.22. The van der Waals surface area contributed by atoms with Gasteiger partial charge in [-0.3, -0.25) is 14.4 Å². The number of aryl methyl sites for hydroxylation is 1. The zero-order valence-electron chi connectivity index (χ0n) is 18.5. The molecular formula is C26H24N4O3. The van der Waals surface area contributed by atoms with E-state index in [0.717, 1.165) is 33.0 Å². The molecular weight excluding hydrogens is 416 g/mol. The molecule has 0 aliphatic carbocycles. The molecule has 0 unspecified atom stereocenters. The Morgan fingerprint density at radius 2 is 1.70 bits per heavy atom. The second kappa shape index (κ2) is 9.48. The highest BCUT2D eigenvalue weighted by Crippen LogP contribution is 2.25. The van der Waals surface area contributed by atoms with Crippen LogP contribution in [0.3, 0.4) is 0 Å². The van der Waals surface area contributed by atoms with Crippen LogP contribution < -0.4 is 16.2 Å². The second-order valence-electron chi connectivity index (χ2n) is 7.70. The molecule has 0 saturated carbocycles. The minimum absolute atomic E-state index is 0.162. The van der Waals surface area contributed by atoms with Crippen LogP contribution in [-0.2, 0) is 22.6 Å². The van der Waals surface area contributed by atoms with Crippen molar-refractivity contribution in [1.29, 1.82) is 0 Å². The van der Waals surface area contributed by atoms with Gasteiger partial charge in [-0.15, -0.1) is 0 Å². The van der Waals surface area contributed by atoms with Crippen LogP contribution in [0.4, 0.5) is 11.4 Å². The summed E-state index contributed by atoms with van der Waals surface area (Å²) in [5.74, 6) is -0.511. The highest BCUT2D eigenvalue weighted by Gasteiger charge is 2.12. The van der Waals surface area contributed by atoms with E-state index in [1.165, 1.54) is 13.0 Å². The molecule has 2 amide bonds. The van der Waals surface area contributed by atoms with Gasteiger partial charge in [-0.05, 0) is 35.6 Å². The summed E-state index contributed by atoms with van der Waals surface area (Å²) in [5.41, 5.74) is 3.27. The summed E-state index contributed by atoms with van der Waals surface area (Å²) in [6.45, 7) is 3.24. The van der Waals surface area contributed by atoms with E-state index in [9.17, 15) is 14.4 Å². The molecule has 33 heavy (non-hydrogen) atoms. The number of carbonyl (C=O) groups is 2. The summed E-state index contributed by atoms with van der Waals surface area (Å²) in [7, 11) is 0. The van der Waals surface area contributed by atoms with Crippen molar-refractivity contribution < 1.29 is 9.59 Å². The van der Waals surface area contributed by atoms with Gasteiger partial charge in [-0.1, -0.05) is 55.5 Å². The Bertz CT molecular complexity index is 1400. The number of fused-ring (bicyclic) bond motifs is 1. The lowest BCUT2D eigenvalue weighted by atomic mass is 10.0. The molecule has 0 fully saturated rings. The maximum absolute atomic E-state index is 12.7. The number of rotatable bonds is 6. The quantitative estimate of drug-likeness (QED) is 0.469. The topological polar surface area (TPSA) is 93.1 Å². The normalized spacial score (nSPS) is 10.7. The van der Waals surface area contributed by atoms with E-state index in [0.29, 0.717) is 17.1 Å². The van der Waals surface area contributed by atoms with Crippen molar-refractivity contribution in [2.24, 2.45) is 0 Å². The number of nitrogens with zero attached hydrogens (tertiary/aromatic N) is 2. The number of hydrogen-bond acceptors (Lipinski definition) is 4. The fourth-order valence-corrected chi connectivity index (χ4v) is 3.73. The summed E-state index contributed by atoms with van der Waals surface area (Å²) in [6.07, 6.45) is 0.761. The third-order valence-electron chi connectivity index (χ3n) is 5.32. The fourth-order valence-electron chi connectivity index (χ4n) is 3.73. The van der Waals surface area contributed by atoms with Gasteiger partial charge < -0.3 is 10.6 Å². The van der Waals surface area contributed by atoms with Gasteiger partial charge in [0.25, 0.3) is 5.56 Å². The van der Waals surface area contributed by atoms with E-state index in [2.05, 4.69) is 15.7 Å². The fraction of sp³-hybridized carbons (Fsp3) is 0.154. The molecule has 4 rings (SSSR count). The summed E-state index contributed by atoms with van der Waals surface area (Å²) in [4.78, 5) is 36.7. The van der Waals surface area contributed by atoms with Crippen molar-refractivity contribution in [3.63, 3.8) is 0 Å². The van der Waals surface area contributed by atoms with Gasteiger partial charge in [0.15, 0.2) is 0 Å². The van der Waals surface area contributed by atoms with Crippen molar-refractivity contribution in [2.45, 2.75) is 26.8 Å². The number of hydrogen-bond donors (Lipinski definition) is 2. The molecule has 166 valence electrons. The molecule has 1 heterocycles. The lowest BCUT2D eigenvalue weighted by molar-refractivity contribution is -0.117. The van der Waals surface area contributed by atoms with Crippen LogP contribution >= 0.6 is 0 Å². The van der Waals surface area contributed by atoms with Crippen molar-refractivity contribution in [1.82, 2.24) is 9.78 Å². The Labute approximate surface area is 191 Å². The van der Waals surface area contributed by atoms with Gasteiger partial charge in [0, 0.05) is 35.3 Å². The highest BCUT2D eigenvalue weighted by atomic mass is 16.2. The Morgan fingerprint density at radius 3 is 2.48 bits per heavy atom. The number of anilines is 2. The molecule has 0 radical (unpaired) electrons. The number of aromatic nitrogens is 2. The minimum Gasteiger partial charge on any atom is -0.326 e. The van der Waals surface area contributed by atoms with Crippen molar-refractivity contribution in [3.8, 4) is 11.3 Å². The van der Waals surface area contributed by atoms with Crippen LogP contribution in [0.15, 0.2) is 77.6 Å². The zero-order valence-corrected chi connectivity index (χ0v) is 18.5. The maximum Gasteiger partial charge on any atom is 0.267 e. The molecule has 0 saturated heterocycles. The lowest BCUT2D eigenvalue weighted by Gasteiger charge is -2.12. The SMILES string of the molecule is CCc1ccc(-c2ccc(=O)n(CC(=O)Nc3cccc4ccccc34)n2)cc1NC(C)=O. The molecule has 3 aromatic carbocycles. The number of nitrogens with one attached hydrogen (secondary N) is 2. The van der Waals surface area contributed by atoms with E-state index >= 15 is 0 Å². The van der Waals surface area contributed by atoms with E-state index in [1.54, 1.807) is 6.07 Å². The Morgan fingerprint density at radius 1 is 0.909 bits per heavy atom. The van der Waals surface area contributed by atoms with Crippen LogP contribution in [0.25, 0.3) is 22.0 Å². The van der Waals surface area contributed by atoms with E-state index < -0.39 is 0 Å². The summed E-state index contributed by atoms with van der Waals surface area (Å²) in [5, 5.41) is 12.0. The van der Waals surface area contributed by atoms with Crippen molar-refractivity contribution in [2.75, 3.05) is 10.6 Å². The first kappa shape index (κ1) is 22.0. The standard InChI is InChI=1S/C26H24N4O3/c1-3-18-11-12-20(15-24(18)27-17(2)31)22-13-14-26(33)30(29-22)16-25(32)28-23-10-6-8-19-7-4-5-9-21(19)23/h4-15H,3,16H2,1-2H3,(H,27,31)(H,28,32). The first-order valence-corrected chi connectivity index (χ1v) is 10.7. The van der Waals surface area contributed by atoms with Crippen LogP contribution in [0, 0.1) is 0 Å². The van der Waals surface area contributed by atoms with Gasteiger partial charge >= 0.3 is 0 Å². The van der Waals surface area contributed by atoms with E-state index in [-0.39, 0.29) is 23.9 Å². The summed E-state index contributed by atoms with van der Waals surface area (Å²) < 4.78 is 1.14. The molecule has 0 atom stereocenters. The Hall–Kier alpha value is -4.26. The third-order valence-corrected chi connectivity index (χ3v) is 5.32. The van der Waals surface area contributed by atoms with Crippen molar-refractivity contribution in [3.05, 3.63) is 88.7 Å². The maximum atomic E-state index is 12.7. The average Bonchev–Trinajstić information content (AvgIpc) is 2.80. The molecule has 7 heteroatoms. The molecule has 0 aliphatic rings. The first-order chi connectivity index (χ1) is 15.9. The number of amides is 2. The molecule has 0 aliphatic heterocycles. The smallest absolute Gasteiger partial charge is 0.267 e. The first-order valence-electron chi connectivity index (χ1n) is 10.7. The second-order valence-corrected chi connectivity index (χ2v) is 7.70. The van der Waals surface area contributed by atoms with Gasteiger partial charge in [0.05, 0.1) is 5.69 Å². The summed E-state index contributed by atoms with van der Waals surface area (Å²) >= 11 is 0. The van der Waals surface area contributed by atoms with Gasteiger partial charge in [-0.25, -0.2) is 4.68 Å². The van der Waals surface area contributed by atoms with Gasteiger partial charge in [0.1, 0.15) is 6.54 Å². The third kappa shape index (κ3) is 4.98. The predicted molar refractivity (Wildman–Crippen MR) is 130 cm³/mol. The van der Waals surface area contributed by atoms with Crippen LogP contribution in [0.1, 0.15) is 19.4 Å². The largest absolute Gasteiger partial charge is 0.326 e. The highest BCUT2D eigenvalue weighted by molar-refractivity contribution is 6.02. The lowest BCUT2D eigenvalue weighted by Crippen LogP contribution is -2.29. The number of benzene rings is 3. The Kier molecular flexibility index (Phi) is 6.31. The minimum atomic E-state index is -0.376. The van der Waals surface area contributed by atoms with Crippen LogP contribution in [0.5, 0.6) is 0 Å². The molecule has 2 N–H and O–H groups in total. The summed E-state index contributed by atoms with van der Waals surface area (Å²) in [6, 6.07) is 22.1. The molecule has 1 aromatic heterocycles. The average molecular weight is 441 g/mol. The zero-order chi connectivity index (χ0) is 23.4. The molecule has 0 spiro atoms. The Balaban J connectivity index is 1.59. The van der Waals surface area contributed by atoms with E-state index in [1.807, 2.05) is 67.6 Å². The molecule has 7 nitrogen and oxygen atoms in total. The van der Waals surface area contributed by atoms with Gasteiger partial charge in [-0.2, -0.15) is 5.10 Å². The van der Waals surface area contributed by atoms with Crippen LogP contribution in [0.2, 0.25) is 0 Å². The monoisotopic (exact) mass is 440 g/mol. The van der Waals surface area contributed by atoms with Crippen LogP contribution in [-0.4, -0.2) is 21.6 Å². The van der Waals surface area contributed by atoms with Crippen molar-refractivity contribution >= 4 is 34.0 Å². The van der Waals surface area contributed by atoms with E-state index in [4.69, 9.17) is 0 Å². The number of carbonyl (C=O) groups excluding carboxylic acids is 2. The molecule has 0 bridgehead atoms.